The zero-order chi connectivity index (χ0) is 25.4. The number of nitrogens with zero attached hydrogens (tertiary/aromatic N) is 8. The lowest BCUT2D eigenvalue weighted by molar-refractivity contribution is -0.385. The largest absolute Gasteiger partial charge is 0.477 e. The second kappa shape index (κ2) is 9.53. The zero-order valence-corrected chi connectivity index (χ0v) is 20.1. The number of carbonyl (C=O) groups is 3. The number of ether oxygens (including phenoxy) is 1. The number of carboxylic acids is 1. The summed E-state index contributed by atoms with van der Waals surface area (Å²) in [5.41, 5.74) is 0.0150. The van der Waals surface area contributed by atoms with Crippen LogP contribution in [0.15, 0.2) is 22.6 Å². The lowest BCUT2D eigenvalue weighted by Gasteiger charge is -2.49. The van der Waals surface area contributed by atoms with Gasteiger partial charge in [0.2, 0.25) is 11.1 Å². The summed E-state index contributed by atoms with van der Waals surface area (Å²) in [4.78, 5) is 49.2. The topological polar surface area (TPSA) is 200 Å². The average Bonchev–Trinajstić information content (AvgIpc) is 3.45. The van der Waals surface area contributed by atoms with Gasteiger partial charge in [-0.1, -0.05) is 11.8 Å². The molecule has 0 aliphatic carbocycles. The van der Waals surface area contributed by atoms with Gasteiger partial charge in [-0.15, -0.1) is 22.0 Å². The molecule has 2 N–H and O–H groups in total. The molecule has 18 heteroatoms. The van der Waals surface area contributed by atoms with Crippen LogP contribution in [0.2, 0.25) is 0 Å². The normalized spacial score (nSPS) is 20.2. The Bertz CT molecular complexity index is 1240. The molecule has 0 saturated carbocycles. The summed E-state index contributed by atoms with van der Waals surface area (Å²) in [5, 5.41) is 38.4. The van der Waals surface area contributed by atoms with Crippen molar-refractivity contribution in [3.05, 3.63) is 27.6 Å². The van der Waals surface area contributed by atoms with Gasteiger partial charge in [0, 0.05) is 18.6 Å². The quantitative estimate of drug-likeness (QED) is 0.182. The number of aliphatic carboxylic acids is 1. The van der Waals surface area contributed by atoms with Crippen LogP contribution >= 0.6 is 23.5 Å². The number of aromatic nitrogens is 6. The van der Waals surface area contributed by atoms with Gasteiger partial charge in [0.25, 0.3) is 5.91 Å². The second-order valence-electron chi connectivity index (χ2n) is 7.46. The Morgan fingerprint density at radius 2 is 2.23 bits per heavy atom. The number of rotatable bonds is 9. The Morgan fingerprint density at radius 3 is 2.80 bits per heavy atom. The number of β-lactam (4-membered cyclic amide) rings is 1. The van der Waals surface area contributed by atoms with Crippen molar-refractivity contribution >= 4 is 47.0 Å². The summed E-state index contributed by atoms with van der Waals surface area (Å²) in [5.74, 6) is -2.06. The Balaban J connectivity index is 1.46. The van der Waals surface area contributed by atoms with Crippen molar-refractivity contribution in [1.82, 2.24) is 40.2 Å². The van der Waals surface area contributed by atoms with Gasteiger partial charge in [0.15, 0.2) is 0 Å². The number of nitro groups is 1. The first-order chi connectivity index (χ1) is 16.6. The van der Waals surface area contributed by atoms with Gasteiger partial charge < -0.3 is 15.2 Å². The van der Waals surface area contributed by atoms with Crippen LogP contribution in [0.25, 0.3) is 0 Å². The van der Waals surface area contributed by atoms with Gasteiger partial charge in [-0.3, -0.25) is 24.6 Å². The molecule has 0 radical (unpaired) electrons. The monoisotopic (exact) mass is 525 g/mol. The van der Waals surface area contributed by atoms with E-state index in [9.17, 15) is 29.6 Å². The van der Waals surface area contributed by atoms with Gasteiger partial charge in [-0.05, 0) is 22.9 Å². The molecule has 0 unspecified atom stereocenters. The highest BCUT2D eigenvalue weighted by Crippen LogP contribution is 2.41. The molecule has 186 valence electrons. The summed E-state index contributed by atoms with van der Waals surface area (Å²) in [6.07, 6.45) is 1.06. The Hall–Kier alpha value is -3.67. The SMILES string of the molecule is COc1nn([C@H](C)C(=O)N[C@H]2C(=O)N3C(C(=O)O)=C(CSc4nnnn4C)CS[C@H]23)cc1[N+](=O)[O-]. The third kappa shape index (κ3) is 4.41. The summed E-state index contributed by atoms with van der Waals surface area (Å²) in [6.45, 7) is 1.46. The Kier molecular flexibility index (Phi) is 6.66. The Labute approximate surface area is 205 Å². The number of aryl methyl sites for hydroxylation is 1. The third-order valence-electron chi connectivity index (χ3n) is 5.35. The number of hydrogen-bond acceptors (Lipinski definition) is 12. The number of thioether (sulfide) groups is 2. The summed E-state index contributed by atoms with van der Waals surface area (Å²) in [7, 11) is 2.88. The van der Waals surface area contributed by atoms with E-state index in [-0.39, 0.29) is 17.3 Å². The highest BCUT2D eigenvalue weighted by molar-refractivity contribution is 8.01. The summed E-state index contributed by atoms with van der Waals surface area (Å²) in [6, 6.07) is -1.94. The van der Waals surface area contributed by atoms with E-state index < -0.39 is 45.9 Å². The predicted octanol–water partition coefficient (Wildman–Crippen LogP) is -0.585. The molecule has 2 aliphatic heterocycles. The van der Waals surface area contributed by atoms with Crippen LogP contribution in [0.4, 0.5) is 5.69 Å². The number of fused-ring (bicyclic) bond motifs is 1. The molecular weight excluding hydrogens is 506 g/mol. The van der Waals surface area contributed by atoms with E-state index in [2.05, 4.69) is 25.9 Å². The molecule has 1 fully saturated rings. The number of methoxy groups -OCH3 is 1. The van der Waals surface area contributed by atoms with Crippen molar-refractivity contribution in [2.75, 3.05) is 18.6 Å². The Morgan fingerprint density at radius 1 is 1.49 bits per heavy atom. The van der Waals surface area contributed by atoms with E-state index in [1.54, 1.807) is 7.05 Å². The number of amides is 2. The number of tetrazole rings is 1. The lowest BCUT2D eigenvalue weighted by atomic mass is 10.0. The van der Waals surface area contributed by atoms with E-state index in [4.69, 9.17) is 4.74 Å². The first-order valence-electron chi connectivity index (χ1n) is 9.97. The van der Waals surface area contributed by atoms with Gasteiger partial charge in [0.05, 0.1) is 12.0 Å². The van der Waals surface area contributed by atoms with E-state index in [1.165, 1.54) is 47.1 Å². The highest BCUT2D eigenvalue weighted by Gasteiger charge is 2.54. The van der Waals surface area contributed by atoms with E-state index in [0.29, 0.717) is 16.5 Å². The third-order valence-corrected chi connectivity index (χ3v) is 7.79. The molecule has 4 rings (SSSR count). The minimum Gasteiger partial charge on any atom is -0.477 e. The highest BCUT2D eigenvalue weighted by atomic mass is 32.2. The van der Waals surface area contributed by atoms with Crippen molar-refractivity contribution in [3.8, 4) is 5.88 Å². The van der Waals surface area contributed by atoms with Crippen LogP contribution in [-0.2, 0) is 21.4 Å². The molecule has 2 aliphatic rings. The van der Waals surface area contributed by atoms with Crippen molar-refractivity contribution in [2.45, 2.75) is 29.5 Å². The van der Waals surface area contributed by atoms with Gasteiger partial charge >= 0.3 is 17.5 Å². The maximum atomic E-state index is 12.9. The van der Waals surface area contributed by atoms with Crippen LogP contribution in [0.5, 0.6) is 5.88 Å². The summed E-state index contributed by atoms with van der Waals surface area (Å²) < 4.78 is 7.39. The lowest BCUT2D eigenvalue weighted by Crippen LogP contribution is -2.71. The maximum absolute atomic E-state index is 12.9. The zero-order valence-electron chi connectivity index (χ0n) is 18.5. The maximum Gasteiger partial charge on any atom is 0.352 e. The van der Waals surface area contributed by atoms with Gasteiger partial charge in [-0.25, -0.2) is 14.2 Å². The molecule has 0 aromatic carbocycles. The summed E-state index contributed by atoms with van der Waals surface area (Å²) >= 11 is 2.57. The fourth-order valence-corrected chi connectivity index (χ4v) is 5.85. The van der Waals surface area contributed by atoms with E-state index >= 15 is 0 Å². The van der Waals surface area contributed by atoms with Crippen LogP contribution in [-0.4, -0.2) is 92.7 Å². The molecule has 0 spiro atoms. The minimum atomic E-state index is -1.25. The predicted molar refractivity (Wildman–Crippen MR) is 119 cm³/mol. The number of carboxylic acid groups (broad SMARTS) is 1. The molecular formula is C17H19N9O7S2. The molecule has 16 nitrogen and oxygen atoms in total. The molecule has 2 aromatic rings. The van der Waals surface area contributed by atoms with Crippen molar-refractivity contribution in [2.24, 2.45) is 7.05 Å². The molecule has 0 bridgehead atoms. The first kappa shape index (κ1) is 24.5. The van der Waals surface area contributed by atoms with Gasteiger partial charge in [0.1, 0.15) is 29.4 Å². The fraction of sp³-hybridized carbons (Fsp3) is 0.471. The van der Waals surface area contributed by atoms with E-state index in [0.717, 1.165) is 10.9 Å². The standard InChI is InChI=1S/C17H19N9O7S2/c1-7(24-4-9(26(31)32)13(20-24)33-3)12(27)18-10-14(28)25-11(16(29)30)8(5-34-15(10)25)6-35-17-19-21-22-23(17)2/h4,7,10,15H,5-6H2,1-3H3,(H,18,27)(H,29,30)/t7-,10+,15-/m1/s1. The van der Waals surface area contributed by atoms with Crippen molar-refractivity contribution in [1.29, 1.82) is 0 Å². The molecule has 4 heterocycles. The van der Waals surface area contributed by atoms with Crippen LogP contribution in [0.1, 0.15) is 13.0 Å². The molecule has 2 amide bonds. The molecule has 2 aromatic heterocycles. The van der Waals surface area contributed by atoms with E-state index in [1.807, 2.05) is 0 Å². The fourth-order valence-electron chi connectivity index (χ4n) is 3.52. The number of nitrogens with one attached hydrogen (secondary N) is 1. The van der Waals surface area contributed by atoms with Crippen molar-refractivity contribution < 1.29 is 29.2 Å². The van der Waals surface area contributed by atoms with Gasteiger partial charge in [-0.2, -0.15) is 0 Å². The number of hydrogen-bond donors (Lipinski definition) is 2. The van der Waals surface area contributed by atoms with Crippen LogP contribution in [0.3, 0.4) is 0 Å². The number of carbonyl (C=O) groups excluding carboxylic acids is 2. The molecule has 1 saturated heterocycles. The van der Waals surface area contributed by atoms with Crippen molar-refractivity contribution in [3.63, 3.8) is 0 Å². The first-order valence-corrected chi connectivity index (χ1v) is 12.0. The minimum absolute atomic E-state index is 0.118. The second-order valence-corrected chi connectivity index (χ2v) is 9.51. The average molecular weight is 526 g/mol. The molecule has 3 atom stereocenters. The van der Waals surface area contributed by atoms with Crippen LogP contribution in [0, 0.1) is 10.1 Å². The van der Waals surface area contributed by atoms with Crippen LogP contribution < -0.4 is 10.1 Å². The molecule has 35 heavy (non-hydrogen) atoms. The smallest absolute Gasteiger partial charge is 0.352 e.